The van der Waals surface area contributed by atoms with Crippen LogP contribution in [0.25, 0.3) is 0 Å². The van der Waals surface area contributed by atoms with E-state index < -0.39 is 23.5 Å². The Morgan fingerprint density at radius 1 is 1.24 bits per heavy atom. The van der Waals surface area contributed by atoms with Crippen LogP contribution in [0.15, 0.2) is 34.5 Å². The molecule has 0 aromatic heterocycles. The maximum absolute atomic E-state index is 11.7. The van der Waals surface area contributed by atoms with Crippen LogP contribution in [0.3, 0.4) is 0 Å². The zero-order chi connectivity index (χ0) is 18.8. The summed E-state index contributed by atoms with van der Waals surface area (Å²) in [7, 11) is 0. The molecule has 25 heavy (non-hydrogen) atoms. The smallest absolute Gasteiger partial charge is 0.362 e. The van der Waals surface area contributed by atoms with Crippen LogP contribution < -0.4 is 10.7 Å². The molecule has 0 spiro atoms. The second-order valence-corrected chi connectivity index (χ2v) is 4.45. The first-order chi connectivity index (χ1) is 11.9. The van der Waals surface area contributed by atoms with Crippen LogP contribution in [0.5, 0.6) is 0 Å². The number of nitriles is 1. The van der Waals surface area contributed by atoms with Gasteiger partial charge in [0.05, 0.1) is 24.0 Å². The summed E-state index contributed by atoms with van der Waals surface area (Å²) in [6.07, 6.45) is 0. The third-order valence-electron chi connectivity index (χ3n) is 2.71. The largest absolute Gasteiger partial charge is 0.461 e. The number of oxime groups is 1. The van der Waals surface area contributed by atoms with Crippen molar-refractivity contribution in [3.63, 3.8) is 0 Å². The van der Waals surface area contributed by atoms with Gasteiger partial charge in [0.2, 0.25) is 5.71 Å². The Morgan fingerprint density at radius 2 is 1.88 bits per heavy atom. The van der Waals surface area contributed by atoms with Crippen molar-refractivity contribution >= 4 is 34.9 Å². The van der Waals surface area contributed by atoms with Crippen molar-refractivity contribution in [3.05, 3.63) is 29.8 Å². The first-order valence-corrected chi connectivity index (χ1v) is 6.98. The van der Waals surface area contributed by atoms with Crippen LogP contribution in [-0.4, -0.2) is 41.0 Å². The molecule has 0 fully saturated rings. The molecule has 130 valence electrons. The van der Waals surface area contributed by atoms with Crippen molar-refractivity contribution in [3.8, 4) is 6.07 Å². The lowest BCUT2D eigenvalue weighted by Gasteiger charge is -2.05. The van der Waals surface area contributed by atoms with Gasteiger partial charge in [-0.15, -0.1) is 0 Å². The van der Waals surface area contributed by atoms with E-state index in [0.717, 1.165) is 0 Å². The monoisotopic (exact) mass is 345 g/mol. The number of anilines is 1. The predicted molar refractivity (Wildman–Crippen MR) is 86.9 cm³/mol. The summed E-state index contributed by atoms with van der Waals surface area (Å²) in [5.41, 5.74) is 1.97. The summed E-state index contributed by atoms with van der Waals surface area (Å²) >= 11 is 0. The van der Waals surface area contributed by atoms with Crippen molar-refractivity contribution in [1.29, 1.82) is 5.26 Å². The number of hydrogen-bond donors (Lipinski definition) is 3. The molecule has 2 amide bonds. The second-order valence-electron chi connectivity index (χ2n) is 4.45. The zero-order valence-corrected chi connectivity index (χ0v) is 13.4. The van der Waals surface area contributed by atoms with Crippen molar-refractivity contribution in [1.82, 2.24) is 5.43 Å². The van der Waals surface area contributed by atoms with Gasteiger partial charge in [-0.3, -0.25) is 9.59 Å². The number of ether oxygens (including phenoxy) is 1. The molecular formula is C15H15N5O5. The molecule has 0 saturated carbocycles. The number of benzene rings is 1. The molecule has 1 aromatic carbocycles. The van der Waals surface area contributed by atoms with Crippen LogP contribution in [0.2, 0.25) is 0 Å². The minimum atomic E-state index is -1.11. The van der Waals surface area contributed by atoms with E-state index in [1.54, 1.807) is 6.92 Å². The van der Waals surface area contributed by atoms with E-state index in [2.05, 4.69) is 20.3 Å². The van der Waals surface area contributed by atoms with Crippen molar-refractivity contribution in [2.24, 2.45) is 10.3 Å². The maximum Gasteiger partial charge on any atom is 0.362 e. The fourth-order valence-corrected chi connectivity index (χ4v) is 1.51. The first-order valence-electron chi connectivity index (χ1n) is 6.98. The molecule has 0 bridgehead atoms. The normalized spacial score (nSPS) is 11.2. The molecule has 0 unspecified atom stereocenters. The first kappa shape index (κ1) is 19.3. The van der Waals surface area contributed by atoms with E-state index in [9.17, 15) is 14.4 Å². The highest BCUT2D eigenvalue weighted by atomic mass is 16.5. The number of carbonyl (C=O) groups is 3. The number of nitrogens with zero attached hydrogens (tertiary/aromatic N) is 3. The van der Waals surface area contributed by atoms with Crippen molar-refractivity contribution < 1.29 is 24.3 Å². The summed E-state index contributed by atoms with van der Waals surface area (Å²) < 4.78 is 4.64. The number of hydrazone groups is 1. The van der Waals surface area contributed by atoms with Gasteiger partial charge in [-0.2, -0.15) is 10.4 Å². The number of nitrogens with one attached hydrogen (secondary N) is 2. The molecule has 0 saturated heterocycles. The van der Waals surface area contributed by atoms with Gasteiger partial charge in [-0.05, 0) is 38.1 Å². The van der Waals surface area contributed by atoms with Gasteiger partial charge in [-0.1, -0.05) is 5.16 Å². The summed E-state index contributed by atoms with van der Waals surface area (Å²) in [4.78, 5) is 34.9. The fraction of sp³-hybridized carbons (Fsp3) is 0.200. The molecular weight excluding hydrogens is 330 g/mol. The van der Waals surface area contributed by atoms with Crippen molar-refractivity contribution in [2.75, 3.05) is 11.9 Å². The number of esters is 1. The SMILES string of the molecule is CCOC(=O)C(=N/O)/C(C)=N/NC(=O)C(=O)Nc1ccc(C#N)cc1. The Bertz CT molecular complexity index is 762. The highest BCUT2D eigenvalue weighted by molar-refractivity contribution is 6.65. The van der Waals surface area contributed by atoms with Gasteiger partial charge in [0.25, 0.3) is 0 Å². The number of hydrogen-bond acceptors (Lipinski definition) is 8. The van der Waals surface area contributed by atoms with Crippen LogP contribution in [0, 0.1) is 11.3 Å². The topological polar surface area (TPSA) is 153 Å². The van der Waals surface area contributed by atoms with E-state index in [0.29, 0.717) is 11.3 Å². The Balaban J connectivity index is 2.69. The lowest BCUT2D eigenvalue weighted by atomic mass is 10.2. The van der Waals surface area contributed by atoms with Crippen LogP contribution in [-0.2, 0) is 19.1 Å². The molecule has 1 rings (SSSR count). The van der Waals surface area contributed by atoms with Crippen LogP contribution in [0.4, 0.5) is 5.69 Å². The lowest BCUT2D eigenvalue weighted by Crippen LogP contribution is -2.34. The summed E-state index contributed by atoms with van der Waals surface area (Å²) in [6, 6.07) is 7.77. The molecule has 0 aliphatic carbocycles. The Hall–Kier alpha value is -3.74. The van der Waals surface area contributed by atoms with E-state index in [1.807, 2.05) is 11.5 Å². The number of rotatable bonds is 5. The van der Waals surface area contributed by atoms with Crippen LogP contribution >= 0.6 is 0 Å². The summed E-state index contributed by atoms with van der Waals surface area (Å²) in [5, 5.41) is 26.0. The average Bonchev–Trinajstić information content (AvgIpc) is 2.61. The summed E-state index contributed by atoms with van der Waals surface area (Å²) in [5.74, 6) is -3.05. The highest BCUT2D eigenvalue weighted by Gasteiger charge is 2.19. The Morgan fingerprint density at radius 3 is 2.40 bits per heavy atom. The van der Waals surface area contributed by atoms with Crippen LogP contribution in [0.1, 0.15) is 19.4 Å². The molecule has 3 N–H and O–H groups in total. The number of amides is 2. The molecule has 0 heterocycles. The fourth-order valence-electron chi connectivity index (χ4n) is 1.51. The quantitative estimate of drug-likeness (QED) is 0.230. The van der Waals surface area contributed by atoms with E-state index in [4.69, 9.17) is 10.5 Å². The van der Waals surface area contributed by atoms with Gasteiger partial charge in [0, 0.05) is 5.69 Å². The van der Waals surface area contributed by atoms with Gasteiger partial charge in [0.15, 0.2) is 0 Å². The van der Waals surface area contributed by atoms with Gasteiger partial charge < -0.3 is 15.3 Å². The van der Waals surface area contributed by atoms with Gasteiger partial charge in [0.1, 0.15) is 0 Å². The van der Waals surface area contributed by atoms with Gasteiger partial charge >= 0.3 is 17.8 Å². The average molecular weight is 345 g/mol. The minimum absolute atomic E-state index is 0.0600. The molecule has 0 atom stereocenters. The standard InChI is InChI=1S/C15H15N5O5/c1-3-25-15(23)12(20-24)9(2)18-19-14(22)13(21)17-11-6-4-10(8-16)5-7-11/h4-7,24H,3H2,1-2H3,(H,17,21)(H,19,22)/b18-9+,20-12+. The number of carbonyl (C=O) groups excluding carboxylic acids is 3. The zero-order valence-electron chi connectivity index (χ0n) is 13.4. The van der Waals surface area contributed by atoms with Crippen molar-refractivity contribution in [2.45, 2.75) is 13.8 Å². The molecule has 0 aliphatic heterocycles. The molecule has 10 nitrogen and oxygen atoms in total. The Kier molecular flexibility index (Phi) is 7.27. The second kappa shape index (κ2) is 9.41. The molecule has 10 heteroatoms. The minimum Gasteiger partial charge on any atom is -0.461 e. The van der Waals surface area contributed by atoms with E-state index in [-0.39, 0.29) is 12.3 Å². The van der Waals surface area contributed by atoms with E-state index in [1.165, 1.54) is 31.2 Å². The highest BCUT2D eigenvalue weighted by Crippen LogP contribution is 2.08. The third-order valence-corrected chi connectivity index (χ3v) is 2.71. The summed E-state index contributed by atoms with van der Waals surface area (Å²) in [6.45, 7) is 2.91. The third kappa shape index (κ3) is 5.76. The lowest BCUT2D eigenvalue weighted by molar-refractivity contribution is -0.136. The van der Waals surface area contributed by atoms with Gasteiger partial charge in [-0.25, -0.2) is 10.2 Å². The van der Waals surface area contributed by atoms with E-state index >= 15 is 0 Å². The predicted octanol–water partition coefficient (Wildman–Crippen LogP) is 0.382. The maximum atomic E-state index is 11.7. The molecule has 1 aromatic rings. The molecule has 0 aliphatic rings. The molecule has 0 radical (unpaired) electrons. The Labute approximate surface area is 142 Å².